The van der Waals surface area contributed by atoms with Crippen LogP contribution in [0.2, 0.25) is 0 Å². The van der Waals surface area contributed by atoms with Crippen molar-refractivity contribution in [3.05, 3.63) is 60.1 Å². The Balaban J connectivity index is 1.20. The number of imidazole rings is 1. The van der Waals surface area contributed by atoms with Gasteiger partial charge in [-0.2, -0.15) is 4.31 Å². The second kappa shape index (κ2) is 10.3. The summed E-state index contributed by atoms with van der Waals surface area (Å²) in [4.78, 5) is 13.1. The molecule has 4 heterocycles. The third kappa shape index (κ3) is 5.26. The molecule has 1 atom stereocenters. The Morgan fingerprint density at radius 1 is 1.06 bits per heavy atom. The lowest BCUT2D eigenvalue weighted by atomic mass is 10.1. The maximum absolute atomic E-state index is 13.3. The smallest absolute Gasteiger partial charge is 0.254 e. The minimum atomic E-state index is -3.55. The average Bonchev–Trinajstić information content (AvgIpc) is 3.56. The van der Waals surface area contributed by atoms with E-state index in [1.165, 1.54) is 29.7 Å². The average molecular weight is 520 g/mol. The van der Waals surface area contributed by atoms with Gasteiger partial charge < -0.3 is 14.8 Å². The van der Waals surface area contributed by atoms with Crippen molar-refractivity contribution in [2.45, 2.75) is 23.7 Å². The quantitative estimate of drug-likeness (QED) is 0.511. The van der Waals surface area contributed by atoms with Crippen LogP contribution in [0.5, 0.6) is 0 Å². The Kier molecular flexibility index (Phi) is 7.17. The molecule has 2 aliphatic heterocycles. The van der Waals surface area contributed by atoms with Gasteiger partial charge in [0.25, 0.3) is 10.0 Å². The van der Waals surface area contributed by atoms with Crippen LogP contribution in [0.4, 0.5) is 9.52 Å². The fourth-order valence-corrected chi connectivity index (χ4v) is 7.31. The van der Waals surface area contributed by atoms with E-state index in [2.05, 4.69) is 36.6 Å². The van der Waals surface area contributed by atoms with E-state index in [-0.39, 0.29) is 11.9 Å². The molecule has 2 fully saturated rings. The summed E-state index contributed by atoms with van der Waals surface area (Å²) in [5.41, 5.74) is 2.05. The predicted molar refractivity (Wildman–Crippen MR) is 134 cm³/mol. The molecule has 9 nitrogen and oxygen atoms in total. The van der Waals surface area contributed by atoms with Crippen molar-refractivity contribution in [3.8, 4) is 0 Å². The first kappa shape index (κ1) is 24.3. The zero-order valence-electron chi connectivity index (χ0n) is 19.7. The number of sulfonamides is 1. The van der Waals surface area contributed by atoms with Crippen molar-refractivity contribution in [3.63, 3.8) is 0 Å². The highest BCUT2D eigenvalue weighted by molar-refractivity contribution is 7.91. The van der Waals surface area contributed by atoms with Crippen LogP contribution < -0.4 is 10.2 Å². The maximum atomic E-state index is 13.3. The topological polar surface area (TPSA) is 86.6 Å². The van der Waals surface area contributed by atoms with Crippen molar-refractivity contribution in [2.75, 3.05) is 57.3 Å². The SMILES string of the molecule is CC(c1ccc(F)cc1)n1cncc1CN1CCN(S(=O)(=O)c2cnc(N3CCNCC3)s2)CC1. The van der Waals surface area contributed by atoms with Gasteiger partial charge in [-0.05, 0) is 24.6 Å². The van der Waals surface area contributed by atoms with Gasteiger partial charge in [0.2, 0.25) is 0 Å². The van der Waals surface area contributed by atoms with Gasteiger partial charge >= 0.3 is 0 Å². The summed E-state index contributed by atoms with van der Waals surface area (Å²) >= 11 is 1.26. The number of aromatic nitrogens is 3. The first-order chi connectivity index (χ1) is 16.9. The highest BCUT2D eigenvalue weighted by Gasteiger charge is 2.31. The van der Waals surface area contributed by atoms with E-state index in [0.717, 1.165) is 42.6 Å². The van der Waals surface area contributed by atoms with Crippen LogP contribution in [-0.2, 0) is 16.6 Å². The molecular weight excluding hydrogens is 489 g/mol. The van der Waals surface area contributed by atoms with Crippen molar-refractivity contribution >= 4 is 26.5 Å². The molecule has 2 aliphatic rings. The minimum Gasteiger partial charge on any atom is -0.346 e. The first-order valence-electron chi connectivity index (χ1n) is 11.8. The molecule has 0 bridgehead atoms. The lowest BCUT2D eigenvalue weighted by molar-refractivity contribution is 0.178. The molecular formula is C23H30FN7O2S2. The van der Waals surface area contributed by atoms with Gasteiger partial charge in [-0.1, -0.05) is 23.5 Å². The molecule has 5 rings (SSSR count). The molecule has 35 heavy (non-hydrogen) atoms. The van der Waals surface area contributed by atoms with Crippen LogP contribution >= 0.6 is 11.3 Å². The molecule has 188 valence electrons. The summed E-state index contributed by atoms with van der Waals surface area (Å²) in [7, 11) is -3.55. The number of rotatable bonds is 7. The predicted octanol–water partition coefficient (Wildman–Crippen LogP) is 2.00. The standard InChI is InChI=1S/C23H30FN7O2S2/c1-18(19-2-4-20(24)5-3-19)31-17-26-14-21(31)16-28-10-12-30(13-11-28)35(32,33)22-15-27-23(34-22)29-8-6-25-7-9-29/h2-5,14-15,17-18,25H,6-13,16H2,1H3. The van der Waals surface area contributed by atoms with Crippen molar-refractivity contribution < 1.29 is 12.8 Å². The van der Waals surface area contributed by atoms with Crippen LogP contribution in [0.25, 0.3) is 0 Å². The molecule has 0 aliphatic carbocycles. The second-order valence-electron chi connectivity index (χ2n) is 8.90. The molecule has 1 N–H and O–H groups in total. The van der Waals surface area contributed by atoms with Crippen molar-refractivity contribution in [1.29, 1.82) is 0 Å². The summed E-state index contributed by atoms with van der Waals surface area (Å²) in [6.45, 7) is 8.31. The van der Waals surface area contributed by atoms with Crippen molar-refractivity contribution in [2.24, 2.45) is 0 Å². The van der Waals surface area contributed by atoms with E-state index in [1.807, 2.05) is 6.20 Å². The van der Waals surface area contributed by atoms with Gasteiger partial charge in [-0.3, -0.25) is 4.90 Å². The Morgan fingerprint density at radius 2 is 1.77 bits per heavy atom. The number of thiazole rings is 1. The zero-order valence-corrected chi connectivity index (χ0v) is 21.3. The van der Waals surface area contributed by atoms with Crippen LogP contribution in [0.3, 0.4) is 0 Å². The van der Waals surface area contributed by atoms with Gasteiger partial charge in [0.05, 0.1) is 24.3 Å². The molecule has 0 spiro atoms. The van der Waals surface area contributed by atoms with E-state index in [0.29, 0.717) is 36.9 Å². The summed E-state index contributed by atoms with van der Waals surface area (Å²) in [5, 5.41) is 4.07. The van der Waals surface area contributed by atoms with Crippen LogP contribution in [-0.4, -0.2) is 84.5 Å². The molecule has 2 saturated heterocycles. The molecule has 12 heteroatoms. The maximum Gasteiger partial charge on any atom is 0.254 e. The van der Waals surface area contributed by atoms with Gasteiger partial charge in [0.15, 0.2) is 9.34 Å². The number of nitrogens with one attached hydrogen (secondary N) is 1. The normalized spacial score (nSPS) is 19.2. The van der Waals surface area contributed by atoms with Crippen LogP contribution in [0, 0.1) is 5.82 Å². The first-order valence-corrected chi connectivity index (χ1v) is 14.1. The molecule has 0 radical (unpaired) electrons. The molecule has 3 aromatic rings. The summed E-state index contributed by atoms with van der Waals surface area (Å²) in [6, 6.07) is 6.54. The van der Waals surface area contributed by atoms with E-state index in [9.17, 15) is 12.8 Å². The zero-order chi connectivity index (χ0) is 24.4. The number of hydrogen-bond acceptors (Lipinski definition) is 8. The third-order valence-electron chi connectivity index (χ3n) is 6.69. The summed E-state index contributed by atoms with van der Waals surface area (Å²) in [5.74, 6) is -0.252. The van der Waals surface area contributed by atoms with Crippen LogP contribution in [0.1, 0.15) is 24.2 Å². The Bertz CT molecular complexity index is 1230. The van der Waals surface area contributed by atoms with E-state index in [4.69, 9.17) is 0 Å². The molecule has 0 amide bonds. The third-order valence-corrected chi connectivity index (χ3v) is 10.1. The van der Waals surface area contributed by atoms with E-state index >= 15 is 0 Å². The van der Waals surface area contributed by atoms with Gasteiger partial charge in [0, 0.05) is 65.1 Å². The Labute approximate surface area is 209 Å². The Morgan fingerprint density at radius 3 is 2.49 bits per heavy atom. The number of benzene rings is 1. The molecule has 1 unspecified atom stereocenters. The molecule has 2 aromatic heterocycles. The van der Waals surface area contributed by atoms with Gasteiger partial charge in [-0.25, -0.2) is 22.8 Å². The Hall–Kier alpha value is -2.38. The number of halogens is 1. The van der Waals surface area contributed by atoms with Gasteiger partial charge in [-0.15, -0.1) is 0 Å². The largest absolute Gasteiger partial charge is 0.346 e. The summed E-state index contributed by atoms with van der Waals surface area (Å²) in [6.07, 6.45) is 5.14. The number of nitrogens with zero attached hydrogens (tertiary/aromatic N) is 6. The molecule has 0 saturated carbocycles. The lowest BCUT2D eigenvalue weighted by Crippen LogP contribution is -2.48. The highest BCUT2D eigenvalue weighted by Crippen LogP contribution is 2.29. The summed E-state index contributed by atoms with van der Waals surface area (Å²) < 4.78 is 43.8. The van der Waals surface area contributed by atoms with Gasteiger partial charge in [0.1, 0.15) is 5.82 Å². The van der Waals surface area contributed by atoms with E-state index in [1.54, 1.807) is 22.8 Å². The van der Waals surface area contributed by atoms with E-state index < -0.39 is 10.0 Å². The van der Waals surface area contributed by atoms with Crippen molar-refractivity contribution in [1.82, 2.24) is 29.1 Å². The fraction of sp³-hybridized carbons (Fsp3) is 0.478. The number of anilines is 1. The highest BCUT2D eigenvalue weighted by atomic mass is 32.2. The molecule has 1 aromatic carbocycles. The lowest BCUT2D eigenvalue weighted by Gasteiger charge is -2.34. The fourth-order valence-electron chi connectivity index (χ4n) is 4.56. The minimum absolute atomic E-state index is 0.0194. The van der Waals surface area contributed by atoms with Crippen LogP contribution in [0.15, 0.2) is 47.2 Å². The number of piperazine rings is 2. The number of hydrogen-bond donors (Lipinski definition) is 1. The second-order valence-corrected chi connectivity index (χ2v) is 12.1. The monoisotopic (exact) mass is 519 g/mol.